The molecule has 68 heavy (non-hydrogen) atoms. The fourth-order valence-corrected chi connectivity index (χ4v) is 8.57. The molecule has 0 saturated carbocycles. The van der Waals surface area contributed by atoms with Crippen LogP contribution < -0.4 is 0 Å². The number of rotatable bonds is 9. The minimum absolute atomic E-state index is 0.480. The van der Waals surface area contributed by atoms with Crippen molar-refractivity contribution in [2.24, 2.45) is 10.2 Å². The number of nitrogens with one attached hydrogen (secondary N) is 2. The third kappa shape index (κ3) is 7.63. The van der Waals surface area contributed by atoms with Crippen molar-refractivity contribution in [3.8, 4) is 61.5 Å². The predicted octanol–water partition coefficient (Wildman–Crippen LogP) is 15.2. The van der Waals surface area contributed by atoms with Gasteiger partial charge in [-0.15, -0.1) is 10.5 Å². The van der Waals surface area contributed by atoms with Gasteiger partial charge in [-0.25, -0.2) is 14.6 Å². The average molecular weight is 881 g/mol. The van der Waals surface area contributed by atoms with Crippen molar-refractivity contribution in [2.75, 3.05) is 0 Å². The quantitative estimate of drug-likeness (QED) is 0.0472. The molecule has 0 radical (unpaired) electrons. The summed E-state index contributed by atoms with van der Waals surface area (Å²) in [4.78, 5) is 24.2. The molecule has 8 bridgehead atoms. The maximum absolute atomic E-state index is 9.17. The van der Waals surface area contributed by atoms with Crippen LogP contribution in [0.25, 0.3) is 139 Å². The molecule has 0 saturated heterocycles. The van der Waals surface area contributed by atoms with E-state index < -0.39 is 0 Å². The molecule has 0 spiro atoms. The molecule has 5 aromatic carbocycles. The van der Waals surface area contributed by atoms with Gasteiger partial charge in [0.1, 0.15) is 5.69 Å². The lowest BCUT2D eigenvalue weighted by molar-refractivity contribution is 0.804. The van der Waals surface area contributed by atoms with E-state index in [1.54, 1.807) is 41.1 Å². The van der Waals surface area contributed by atoms with E-state index in [0.717, 1.165) is 89.2 Å². The van der Waals surface area contributed by atoms with E-state index in [-0.39, 0.29) is 0 Å². The van der Waals surface area contributed by atoms with Crippen LogP contribution >= 0.6 is 0 Å². The Bertz CT molecular complexity index is 3750. The Kier molecular flexibility index (Phi) is 10.3. The Balaban J connectivity index is 1.19. The van der Waals surface area contributed by atoms with E-state index >= 15 is 0 Å². The Hall–Kier alpha value is -10.3. The van der Waals surface area contributed by atoms with Gasteiger partial charge in [0.15, 0.2) is 0 Å². The maximum Gasteiger partial charge on any atom is 0.113 e. The average Bonchev–Trinajstić information content (AvgIpc) is 4.25. The number of fused-ring (bicyclic) bond motifs is 8. The molecule has 11 rings (SSSR count). The Morgan fingerprint density at radius 1 is 0.485 bits per heavy atom. The highest BCUT2D eigenvalue weighted by atomic mass is 15.4. The van der Waals surface area contributed by atoms with Crippen LogP contribution in [0.1, 0.15) is 22.8 Å². The van der Waals surface area contributed by atoms with Crippen molar-refractivity contribution in [3.05, 3.63) is 212 Å². The van der Waals surface area contributed by atoms with E-state index in [2.05, 4.69) is 63.0 Å². The lowest BCUT2D eigenvalue weighted by atomic mass is 10.0. The molecule has 2 aliphatic rings. The standard InChI is InChI=1S/C52H32N16/c53-64-60-36-14-6-32(7-15-36)49-40-22-24-42(56-40)50(33-8-16-37(17-9-33)61-65-54)44-26-28-46(58-44)52(35-12-20-39(21-13-35)68-30-48(63-67-68)31-4-2-1-3-5-31)47-29-27-45(59-47)51(43-25-23-41(49)57-43)34-10-18-38(19-11-34)62-66-55/h1-30,56,59H. The van der Waals surface area contributed by atoms with E-state index in [0.29, 0.717) is 34.1 Å². The van der Waals surface area contributed by atoms with Gasteiger partial charge in [0.05, 0.1) is 39.7 Å². The number of diazo groups is 1. The minimum Gasteiger partial charge on any atom is -0.354 e. The molecule has 0 amide bonds. The molecule has 0 aliphatic carbocycles. The lowest BCUT2D eigenvalue weighted by Crippen LogP contribution is -1.95. The molecule has 2 aliphatic heterocycles. The zero-order valence-electron chi connectivity index (χ0n) is 35.6. The van der Waals surface area contributed by atoms with Gasteiger partial charge in [0.25, 0.3) is 0 Å². The summed E-state index contributed by atoms with van der Waals surface area (Å²) in [5.41, 5.74) is 38.9. The number of azide groups is 3. The molecule has 320 valence electrons. The van der Waals surface area contributed by atoms with Crippen molar-refractivity contribution < 1.29 is 0 Å². The zero-order valence-corrected chi connectivity index (χ0v) is 35.6. The van der Waals surface area contributed by atoms with Gasteiger partial charge in [-0.1, -0.05) is 131 Å². The summed E-state index contributed by atoms with van der Waals surface area (Å²) >= 11 is 0. The molecule has 16 nitrogen and oxygen atoms in total. The first-order valence-electron chi connectivity index (χ1n) is 21.2. The number of aromatic nitrogens is 7. The summed E-state index contributed by atoms with van der Waals surface area (Å²) in [6.07, 6.45) is 9.93. The third-order valence-electron chi connectivity index (χ3n) is 11.7. The van der Waals surface area contributed by atoms with Crippen LogP contribution in [0.2, 0.25) is 0 Å². The Morgan fingerprint density at radius 3 is 1.31 bits per heavy atom. The van der Waals surface area contributed by atoms with Crippen molar-refractivity contribution in [3.63, 3.8) is 0 Å². The largest absolute Gasteiger partial charge is 0.354 e. The van der Waals surface area contributed by atoms with Crippen LogP contribution in [0.15, 0.2) is 168 Å². The molecule has 4 aromatic heterocycles. The van der Waals surface area contributed by atoms with Gasteiger partial charge in [0.2, 0.25) is 0 Å². The van der Waals surface area contributed by atoms with Crippen LogP contribution in [-0.2, 0) is 0 Å². The molecular formula is C52H32N16. The van der Waals surface area contributed by atoms with Crippen molar-refractivity contribution in [2.45, 2.75) is 0 Å². The van der Waals surface area contributed by atoms with Gasteiger partial charge in [0, 0.05) is 76.8 Å². The number of H-pyrrole nitrogens is 2. The van der Waals surface area contributed by atoms with E-state index in [4.69, 9.17) is 15.4 Å². The van der Waals surface area contributed by atoms with Crippen molar-refractivity contribution in [1.29, 1.82) is 5.39 Å². The number of hydrogen-bond acceptors (Lipinski definition) is 7. The number of hydrogen-bond donors (Lipinski definition) is 2. The minimum atomic E-state index is 0.480. The van der Waals surface area contributed by atoms with Crippen LogP contribution in [0.3, 0.4) is 0 Å². The summed E-state index contributed by atoms with van der Waals surface area (Å²) in [7, 11) is 0. The van der Waals surface area contributed by atoms with Crippen LogP contribution in [-0.4, -0.2) is 34.9 Å². The second kappa shape index (κ2) is 17.3. The van der Waals surface area contributed by atoms with Gasteiger partial charge in [-0.2, -0.15) is 0 Å². The Morgan fingerprint density at radius 2 is 0.897 bits per heavy atom. The van der Waals surface area contributed by atoms with E-state index in [1.807, 2.05) is 134 Å². The van der Waals surface area contributed by atoms with Crippen LogP contribution in [0, 0.1) is 5.39 Å². The smallest absolute Gasteiger partial charge is 0.113 e. The molecule has 6 heterocycles. The highest BCUT2D eigenvalue weighted by Crippen LogP contribution is 2.40. The van der Waals surface area contributed by atoms with Crippen molar-refractivity contribution >= 4 is 63.4 Å². The molecular weight excluding hydrogens is 849 g/mol. The summed E-state index contributed by atoms with van der Waals surface area (Å²) in [5.74, 6) is 0. The first-order chi connectivity index (χ1) is 33.5. The normalized spacial score (nSPS) is 11.4. The summed E-state index contributed by atoms with van der Waals surface area (Å²) < 4.78 is 1.76. The molecule has 0 unspecified atom stereocenters. The van der Waals surface area contributed by atoms with Crippen LogP contribution in [0.5, 0.6) is 0 Å². The van der Waals surface area contributed by atoms with E-state index in [1.165, 1.54) is 0 Å². The fourth-order valence-electron chi connectivity index (χ4n) is 8.57. The van der Waals surface area contributed by atoms with E-state index in [9.17, 15) is 11.1 Å². The molecule has 16 heteroatoms. The predicted molar refractivity (Wildman–Crippen MR) is 267 cm³/mol. The Labute approximate surface area is 386 Å². The van der Waals surface area contributed by atoms with Gasteiger partial charge >= 0.3 is 0 Å². The summed E-state index contributed by atoms with van der Waals surface area (Å²) in [6, 6.07) is 48.3. The lowest BCUT2D eigenvalue weighted by Gasteiger charge is -2.08. The third-order valence-corrected chi connectivity index (χ3v) is 11.7. The highest BCUT2D eigenvalue weighted by molar-refractivity contribution is 6.00. The van der Waals surface area contributed by atoms with Gasteiger partial charge < -0.3 is 9.97 Å². The van der Waals surface area contributed by atoms with Gasteiger partial charge in [-0.05, 0) is 99.4 Å². The molecule has 9 aromatic rings. The zero-order chi connectivity index (χ0) is 46.0. The number of nitrogens with zero attached hydrogens (tertiary/aromatic N) is 14. The SMILES string of the molecule is N#[N+][N-]c1ccc(-c2c3nc(c(-c4ccc(N=[N+]=[N-])cc4)c4ccc([nH]4)c(-c4ccc(-n5cc(-c6ccccc6)nn5)cc4)c4nc(c(-c5ccc(N=[N+]=[N-])cc5)c5ccc2[nH]5)C=C4)C=C3)cc1. The number of benzene rings is 5. The second-order valence-corrected chi connectivity index (χ2v) is 15.7. The topological polar surface area (TPSA) is 228 Å². The second-order valence-electron chi connectivity index (χ2n) is 15.7. The van der Waals surface area contributed by atoms with Crippen molar-refractivity contribution in [1.82, 2.24) is 34.9 Å². The monoisotopic (exact) mass is 880 g/mol. The summed E-state index contributed by atoms with van der Waals surface area (Å²) in [6.45, 7) is 0. The molecule has 0 fully saturated rings. The van der Waals surface area contributed by atoms with Gasteiger partial charge in [-0.3, -0.25) is 0 Å². The fraction of sp³-hybridized carbons (Fsp3) is 0. The summed E-state index contributed by atoms with van der Waals surface area (Å²) in [5, 5.41) is 28.6. The molecule has 0 atom stereocenters. The first kappa shape index (κ1) is 40.5. The highest BCUT2D eigenvalue weighted by Gasteiger charge is 2.20. The molecule has 2 N–H and O–H groups in total. The first-order valence-corrected chi connectivity index (χ1v) is 21.2. The maximum atomic E-state index is 9.17. The number of aromatic amines is 2. The van der Waals surface area contributed by atoms with Crippen LogP contribution in [0.4, 0.5) is 17.1 Å².